The fourth-order valence-corrected chi connectivity index (χ4v) is 4.14. The number of amides is 1. The Kier molecular flexibility index (Phi) is 7.78. The van der Waals surface area contributed by atoms with Crippen molar-refractivity contribution in [2.24, 2.45) is 0 Å². The van der Waals surface area contributed by atoms with Gasteiger partial charge in [0, 0.05) is 22.6 Å². The maximum Gasteiger partial charge on any atom is 0.341 e. The van der Waals surface area contributed by atoms with Crippen LogP contribution in [0.1, 0.15) is 27.6 Å². The zero-order valence-electron chi connectivity index (χ0n) is 19.0. The lowest BCUT2D eigenvalue weighted by Crippen LogP contribution is -2.15. The number of rotatable bonds is 9. The molecule has 3 aromatic rings. The topological polar surface area (TPSA) is 92.3 Å². The molecule has 0 fully saturated rings. The van der Waals surface area contributed by atoms with E-state index in [-0.39, 0.29) is 12.2 Å². The molecule has 2 aromatic carbocycles. The largest absolute Gasteiger partial charge is 0.497 e. The molecule has 0 saturated heterocycles. The first-order valence-corrected chi connectivity index (χ1v) is 10.9. The quantitative estimate of drug-likeness (QED) is 0.445. The van der Waals surface area contributed by atoms with E-state index in [4.69, 9.17) is 23.7 Å². The molecule has 1 heterocycles. The number of ether oxygens (including phenoxy) is 5. The molecule has 0 bridgehead atoms. The van der Waals surface area contributed by atoms with Crippen LogP contribution >= 0.6 is 11.3 Å². The zero-order valence-corrected chi connectivity index (χ0v) is 19.8. The maximum absolute atomic E-state index is 13.0. The predicted molar refractivity (Wildman–Crippen MR) is 126 cm³/mol. The van der Waals surface area contributed by atoms with Crippen LogP contribution in [0.15, 0.2) is 41.8 Å². The van der Waals surface area contributed by atoms with Gasteiger partial charge in [0.05, 0.1) is 35.0 Å². The van der Waals surface area contributed by atoms with Gasteiger partial charge < -0.3 is 29.0 Å². The van der Waals surface area contributed by atoms with E-state index >= 15 is 0 Å². The third-order valence-electron chi connectivity index (χ3n) is 4.81. The highest BCUT2D eigenvalue weighted by atomic mass is 32.1. The molecule has 0 aliphatic rings. The van der Waals surface area contributed by atoms with Crippen molar-refractivity contribution in [1.82, 2.24) is 0 Å². The van der Waals surface area contributed by atoms with Gasteiger partial charge in [-0.1, -0.05) is 6.07 Å². The van der Waals surface area contributed by atoms with Crippen molar-refractivity contribution in [3.05, 3.63) is 52.9 Å². The van der Waals surface area contributed by atoms with E-state index < -0.39 is 11.9 Å². The van der Waals surface area contributed by atoms with Crippen molar-refractivity contribution in [3.63, 3.8) is 0 Å². The van der Waals surface area contributed by atoms with Gasteiger partial charge in [0.2, 0.25) is 0 Å². The van der Waals surface area contributed by atoms with E-state index in [1.165, 1.54) is 32.7 Å². The second-order valence-corrected chi connectivity index (χ2v) is 7.58. The van der Waals surface area contributed by atoms with Crippen molar-refractivity contribution in [2.45, 2.75) is 6.92 Å². The Bertz CT molecular complexity index is 1130. The average Bonchev–Trinajstić information content (AvgIpc) is 3.26. The summed E-state index contributed by atoms with van der Waals surface area (Å²) in [7, 11) is 6.09. The predicted octanol–water partition coefficient (Wildman–Crippen LogP) is 4.88. The van der Waals surface area contributed by atoms with Crippen LogP contribution in [-0.2, 0) is 4.74 Å². The van der Waals surface area contributed by atoms with Gasteiger partial charge in [-0.2, -0.15) is 0 Å². The molecule has 0 aliphatic heterocycles. The van der Waals surface area contributed by atoms with E-state index in [2.05, 4.69) is 5.32 Å². The minimum atomic E-state index is -0.540. The molecule has 1 N–H and O–H groups in total. The third kappa shape index (κ3) is 5.20. The van der Waals surface area contributed by atoms with Crippen molar-refractivity contribution in [3.8, 4) is 34.1 Å². The normalized spacial score (nSPS) is 10.3. The van der Waals surface area contributed by atoms with Crippen LogP contribution in [-0.4, -0.2) is 46.9 Å². The highest BCUT2D eigenvalue weighted by Gasteiger charge is 2.24. The number of methoxy groups -OCH3 is 4. The lowest BCUT2D eigenvalue weighted by molar-refractivity contribution is 0.0529. The van der Waals surface area contributed by atoms with Gasteiger partial charge in [-0.3, -0.25) is 4.79 Å². The average molecular weight is 472 g/mol. The molecule has 33 heavy (non-hydrogen) atoms. The Hall–Kier alpha value is -3.72. The molecule has 1 aromatic heterocycles. The zero-order chi connectivity index (χ0) is 24.0. The van der Waals surface area contributed by atoms with E-state index in [1.54, 1.807) is 49.7 Å². The Morgan fingerprint density at radius 3 is 2.12 bits per heavy atom. The minimum absolute atomic E-state index is 0.195. The first kappa shape index (κ1) is 23.9. The number of hydrogen-bond donors (Lipinski definition) is 1. The number of esters is 1. The van der Waals surface area contributed by atoms with Crippen LogP contribution in [0.25, 0.3) is 11.1 Å². The van der Waals surface area contributed by atoms with Crippen LogP contribution in [0.4, 0.5) is 5.00 Å². The summed E-state index contributed by atoms with van der Waals surface area (Å²) >= 11 is 1.22. The molecule has 174 valence electrons. The molecular formula is C24H25NO7S. The van der Waals surface area contributed by atoms with Crippen molar-refractivity contribution < 1.29 is 33.3 Å². The monoisotopic (exact) mass is 471 g/mol. The molecule has 0 atom stereocenters. The van der Waals surface area contributed by atoms with Crippen LogP contribution in [0.3, 0.4) is 0 Å². The summed E-state index contributed by atoms with van der Waals surface area (Å²) in [6.45, 7) is 1.92. The second kappa shape index (κ2) is 10.7. The summed E-state index contributed by atoms with van der Waals surface area (Å²) in [4.78, 5) is 25.9. The molecule has 0 radical (unpaired) electrons. The fraction of sp³-hybridized carbons (Fsp3) is 0.250. The lowest BCUT2D eigenvalue weighted by atomic mass is 10.0. The SMILES string of the molecule is CCOC(=O)c1c(-c2ccc(OC)c(OC)c2)csc1NC(=O)c1cc(OC)cc(OC)c1. The molecular weight excluding hydrogens is 446 g/mol. The van der Waals surface area contributed by atoms with E-state index in [0.717, 1.165) is 5.56 Å². The second-order valence-electron chi connectivity index (χ2n) is 6.70. The van der Waals surface area contributed by atoms with Gasteiger partial charge in [0.1, 0.15) is 22.1 Å². The van der Waals surface area contributed by atoms with Crippen molar-refractivity contribution in [1.29, 1.82) is 0 Å². The Morgan fingerprint density at radius 1 is 0.879 bits per heavy atom. The molecule has 9 heteroatoms. The summed E-state index contributed by atoms with van der Waals surface area (Å²) < 4.78 is 26.4. The number of nitrogens with one attached hydrogen (secondary N) is 1. The number of carbonyl (C=O) groups is 2. The number of carbonyl (C=O) groups excluding carboxylic acids is 2. The molecule has 3 rings (SSSR count). The van der Waals surface area contributed by atoms with Crippen molar-refractivity contribution >= 4 is 28.2 Å². The van der Waals surface area contributed by atoms with Gasteiger partial charge >= 0.3 is 5.97 Å². The van der Waals surface area contributed by atoms with Crippen LogP contribution in [0.5, 0.6) is 23.0 Å². The van der Waals surface area contributed by atoms with Gasteiger partial charge in [-0.05, 0) is 36.8 Å². The Balaban J connectivity index is 2.02. The number of benzene rings is 2. The van der Waals surface area contributed by atoms with Gasteiger partial charge in [-0.25, -0.2) is 4.79 Å². The van der Waals surface area contributed by atoms with E-state index in [1.807, 2.05) is 6.07 Å². The Labute approximate surface area is 196 Å². The van der Waals surface area contributed by atoms with E-state index in [9.17, 15) is 9.59 Å². The minimum Gasteiger partial charge on any atom is -0.497 e. The lowest BCUT2D eigenvalue weighted by Gasteiger charge is -2.12. The highest BCUT2D eigenvalue weighted by molar-refractivity contribution is 7.15. The fourth-order valence-electron chi connectivity index (χ4n) is 3.19. The molecule has 0 aliphatic carbocycles. The standard InChI is InChI=1S/C24H25NO7S/c1-6-32-24(27)21-18(14-7-8-19(30-4)20(11-14)31-5)13-33-23(21)25-22(26)15-9-16(28-2)12-17(10-15)29-3/h7-13H,6H2,1-5H3,(H,25,26). The van der Waals surface area contributed by atoms with Crippen LogP contribution < -0.4 is 24.3 Å². The molecule has 1 amide bonds. The number of anilines is 1. The molecule has 0 spiro atoms. The van der Waals surface area contributed by atoms with Gasteiger partial charge in [-0.15, -0.1) is 11.3 Å². The van der Waals surface area contributed by atoms with Crippen molar-refractivity contribution in [2.75, 3.05) is 40.4 Å². The third-order valence-corrected chi connectivity index (χ3v) is 5.70. The summed E-state index contributed by atoms with van der Waals surface area (Å²) in [6, 6.07) is 10.2. The summed E-state index contributed by atoms with van der Waals surface area (Å²) in [6.07, 6.45) is 0. The van der Waals surface area contributed by atoms with Gasteiger partial charge in [0.15, 0.2) is 11.5 Å². The summed E-state index contributed by atoms with van der Waals surface area (Å²) in [5.41, 5.74) is 1.91. The summed E-state index contributed by atoms with van der Waals surface area (Å²) in [5.74, 6) is 1.07. The first-order chi connectivity index (χ1) is 15.9. The molecule has 0 unspecified atom stereocenters. The maximum atomic E-state index is 13.0. The van der Waals surface area contributed by atoms with Crippen LogP contribution in [0.2, 0.25) is 0 Å². The first-order valence-electron chi connectivity index (χ1n) is 10.0. The summed E-state index contributed by atoms with van der Waals surface area (Å²) in [5, 5.41) is 4.97. The number of thiophene rings is 1. The molecule has 0 saturated carbocycles. The molecule has 8 nitrogen and oxygen atoms in total. The van der Waals surface area contributed by atoms with E-state index in [0.29, 0.717) is 39.1 Å². The van der Waals surface area contributed by atoms with Gasteiger partial charge in [0.25, 0.3) is 5.91 Å². The smallest absolute Gasteiger partial charge is 0.341 e. The highest BCUT2D eigenvalue weighted by Crippen LogP contribution is 2.40. The van der Waals surface area contributed by atoms with Crippen LogP contribution in [0, 0.1) is 0 Å². The Morgan fingerprint density at radius 2 is 1.55 bits per heavy atom. The number of hydrogen-bond acceptors (Lipinski definition) is 8.